The molecule has 0 fully saturated rings. The maximum absolute atomic E-state index is 13.1. The Bertz CT molecular complexity index is 893. The number of carbonyl (C=O) groups is 2. The molecule has 1 aliphatic heterocycles. The average Bonchev–Trinajstić information content (AvgIpc) is 3.12. The number of fused-ring (bicyclic) bond motifs is 1. The van der Waals surface area contributed by atoms with Gasteiger partial charge in [0.25, 0.3) is 5.91 Å². The lowest BCUT2D eigenvalue weighted by molar-refractivity contribution is -0.147. The SMILES string of the molecule is CCC1Oc2ccc(-c3csc(C)n3)cc2N(C(C)C(=O)OCCC(C)C)C1=O. The zero-order valence-corrected chi connectivity index (χ0v) is 18.4. The van der Waals surface area contributed by atoms with Crippen molar-refractivity contribution in [1.29, 1.82) is 0 Å². The van der Waals surface area contributed by atoms with Crippen molar-refractivity contribution < 1.29 is 19.1 Å². The Hall–Kier alpha value is -2.41. The number of esters is 1. The molecule has 1 aromatic carbocycles. The number of benzene rings is 1. The van der Waals surface area contributed by atoms with Gasteiger partial charge >= 0.3 is 5.97 Å². The molecule has 0 bridgehead atoms. The van der Waals surface area contributed by atoms with E-state index in [4.69, 9.17) is 9.47 Å². The average molecular weight is 417 g/mol. The standard InChI is InChI=1S/C22H28N2O4S/c1-6-19-21(25)24(14(4)22(26)27-10-9-13(2)3)18-11-16(7-8-20(18)28-19)17-12-29-15(5)23-17/h7-8,11-14,19H,6,9-10H2,1-5H3. The quantitative estimate of drug-likeness (QED) is 0.617. The van der Waals surface area contributed by atoms with E-state index < -0.39 is 18.1 Å². The second-order valence-corrected chi connectivity index (χ2v) is 8.75. The molecule has 0 spiro atoms. The maximum atomic E-state index is 13.1. The van der Waals surface area contributed by atoms with Gasteiger partial charge in [-0.2, -0.15) is 0 Å². The van der Waals surface area contributed by atoms with Gasteiger partial charge in [-0.05, 0) is 50.8 Å². The van der Waals surface area contributed by atoms with Gasteiger partial charge in [-0.1, -0.05) is 20.8 Å². The van der Waals surface area contributed by atoms with Crippen molar-refractivity contribution in [3.8, 4) is 17.0 Å². The third-order valence-corrected chi connectivity index (χ3v) is 5.73. The highest BCUT2D eigenvalue weighted by Gasteiger charge is 2.39. The number of thiazole rings is 1. The van der Waals surface area contributed by atoms with Crippen LogP contribution in [0.3, 0.4) is 0 Å². The summed E-state index contributed by atoms with van der Waals surface area (Å²) in [5.41, 5.74) is 2.30. The molecule has 6 nitrogen and oxygen atoms in total. The minimum absolute atomic E-state index is 0.222. The molecular weight excluding hydrogens is 388 g/mol. The fraction of sp³-hybridized carbons (Fsp3) is 0.500. The number of aryl methyl sites for hydroxylation is 1. The minimum atomic E-state index is -0.737. The van der Waals surface area contributed by atoms with Crippen LogP contribution >= 0.6 is 11.3 Å². The lowest BCUT2D eigenvalue weighted by atomic mass is 10.1. The molecule has 0 aliphatic carbocycles. The van der Waals surface area contributed by atoms with E-state index in [1.54, 1.807) is 18.3 Å². The van der Waals surface area contributed by atoms with Gasteiger partial charge in [-0.25, -0.2) is 9.78 Å². The molecule has 2 heterocycles. The second kappa shape index (κ2) is 8.95. The van der Waals surface area contributed by atoms with Crippen LogP contribution in [-0.2, 0) is 14.3 Å². The molecule has 29 heavy (non-hydrogen) atoms. The Morgan fingerprint density at radius 2 is 2.10 bits per heavy atom. The predicted octanol–water partition coefficient (Wildman–Crippen LogP) is 4.60. The summed E-state index contributed by atoms with van der Waals surface area (Å²) in [6.45, 7) is 10.0. The minimum Gasteiger partial charge on any atom is -0.478 e. The van der Waals surface area contributed by atoms with E-state index in [9.17, 15) is 9.59 Å². The lowest BCUT2D eigenvalue weighted by Crippen LogP contribution is -2.52. The van der Waals surface area contributed by atoms with Gasteiger partial charge in [0, 0.05) is 10.9 Å². The highest BCUT2D eigenvalue weighted by atomic mass is 32.1. The van der Waals surface area contributed by atoms with Gasteiger partial charge in [0.05, 0.1) is 23.0 Å². The van der Waals surface area contributed by atoms with Crippen LogP contribution in [-0.4, -0.2) is 35.6 Å². The molecule has 2 atom stereocenters. The summed E-state index contributed by atoms with van der Waals surface area (Å²) in [7, 11) is 0. The Balaban J connectivity index is 1.93. The molecule has 0 radical (unpaired) electrons. The van der Waals surface area contributed by atoms with E-state index in [0.717, 1.165) is 22.7 Å². The van der Waals surface area contributed by atoms with Crippen molar-refractivity contribution in [2.75, 3.05) is 11.5 Å². The number of anilines is 1. The van der Waals surface area contributed by atoms with Gasteiger partial charge < -0.3 is 9.47 Å². The van der Waals surface area contributed by atoms with Crippen LogP contribution in [0.4, 0.5) is 5.69 Å². The zero-order valence-electron chi connectivity index (χ0n) is 17.6. The molecule has 1 aromatic heterocycles. The number of aromatic nitrogens is 1. The summed E-state index contributed by atoms with van der Waals surface area (Å²) < 4.78 is 11.3. The number of carbonyl (C=O) groups excluding carboxylic acids is 2. The molecule has 7 heteroatoms. The van der Waals surface area contributed by atoms with E-state index in [1.807, 2.05) is 37.4 Å². The largest absolute Gasteiger partial charge is 0.478 e. The van der Waals surface area contributed by atoms with Gasteiger partial charge in [0.1, 0.15) is 11.8 Å². The Morgan fingerprint density at radius 1 is 1.34 bits per heavy atom. The van der Waals surface area contributed by atoms with Crippen LogP contribution in [0.5, 0.6) is 5.75 Å². The van der Waals surface area contributed by atoms with E-state index in [2.05, 4.69) is 18.8 Å². The predicted molar refractivity (Wildman–Crippen MR) is 114 cm³/mol. The number of amides is 1. The van der Waals surface area contributed by atoms with E-state index >= 15 is 0 Å². The first kappa shape index (κ1) is 21.3. The third kappa shape index (κ3) is 4.61. The smallest absolute Gasteiger partial charge is 0.328 e. The summed E-state index contributed by atoms with van der Waals surface area (Å²) in [6.07, 6.45) is 0.703. The highest BCUT2D eigenvalue weighted by Crippen LogP contribution is 2.39. The summed E-state index contributed by atoms with van der Waals surface area (Å²) in [5.74, 6) is 0.406. The van der Waals surface area contributed by atoms with Crippen molar-refractivity contribution in [2.45, 2.75) is 59.6 Å². The Kier molecular flexibility index (Phi) is 6.57. The van der Waals surface area contributed by atoms with E-state index in [-0.39, 0.29) is 5.91 Å². The van der Waals surface area contributed by atoms with Gasteiger partial charge in [0.2, 0.25) is 0 Å². The Labute approximate surface area is 175 Å². The maximum Gasteiger partial charge on any atom is 0.328 e. The van der Waals surface area contributed by atoms with Crippen molar-refractivity contribution in [1.82, 2.24) is 4.98 Å². The molecule has 0 N–H and O–H groups in total. The molecular formula is C22H28N2O4S. The van der Waals surface area contributed by atoms with Gasteiger partial charge in [0.15, 0.2) is 6.10 Å². The van der Waals surface area contributed by atoms with Gasteiger partial charge in [-0.15, -0.1) is 11.3 Å². The van der Waals surface area contributed by atoms with Crippen LogP contribution in [0.1, 0.15) is 45.5 Å². The topological polar surface area (TPSA) is 68.7 Å². The third-order valence-electron chi connectivity index (χ3n) is 4.95. The molecule has 2 aromatic rings. The van der Waals surface area contributed by atoms with Crippen molar-refractivity contribution in [3.63, 3.8) is 0 Å². The monoisotopic (exact) mass is 416 g/mol. The Morgan fingerprint density at radius 3 is 2.72 bits per heavy atom. The number of nitrogens with zero attached hydrogens (tertiary/aromatic N) is 2. The summed E-state index contributed by atoms with van der Waals surface area (Å²) in [4.78, 5) is 31.8. The molecule has 3 rings (SSSR count). The van der Waals surface area contributed by atoms with Crippen molar-refractivity contribution >= 4 is 28.9 Å². The molecule has 0 saturated heterocycles. The normalized spacial score (nSPS) is 17.1. The second-order valence-electron chi connectivity index (χ2n) is 7.68. The van der Waals surface area contributed by atoms with E-state index in [0.29, 0.717) is 30.4 Å². The van der Waals surface area contributed by atoms with Crippen LogP contribution in [0, 0.1) is 12.8 Å². The molecule has 1 amide bonds. The van der Waals surface area contributed by atoms with Crippen LogP contribution in [0.15, 0.2) is 23.6 Å². The van der Waals surface area contributed by atoms with Crippen molar-refractivity contribution in [3.05, 3.63) is 28.6 Å². The van der Waals surface area contributed by atoms with Crippen LogP contribution in [0.25, 0.3) is 11.3 Å². The fourth-order valence-corrected chi connectivity index (χ4v) is 3.84. The summed E-state index contributed by atoms with van der Waals surface area (Å²) >= 11 is 1.57. The van der Waals surface area contributed by atoms with Crippen molar-refractivity contribution in [2.24, 2.45) is 5.92 Å². The molecule has 0 saturated carbocycles. The number of ether oxygens (including phenoxy) is 2. The zero-order chi connectivity index (χ0) is 21.1. The van der Waals surface area contributed by atoms with Crippen LogP contribution < -0.4 is 9.64 Å². The fourth-order valence-electron chi connectivity index (χ4n) is 3.22. The number of hydrogen-bond acceptors (Lipinski definition) is 6. The van der Waals surface area contributed by atoms with Gasteiger partial charge in [-0.3, -0.25) is 9.69 Å². The summed E-state index contributed by atoms with van der Waals surface area (Å²) in [5, 5.41) is 2.95. The number of rotatable bonds is 7. The molecule has 2 unspecified atom stereocenters. The van der Waals surface area contributed by atoms with Crippen LogP contribution in [0.2, 0.25) is 0 Å². The first-order chi connectivity index (χ1) is 13.8. The van der Waals surface area contributed by atoms with E-state index in [1.165, 1.54) is 4.90 Å². The number of hydrogen-bond donors (Lipinski definition) is 0. The highest BCUT2D eigenvalue weighted by molar-refractivity contribution is 7.09. The molecule has 1 aliphatic rings. The first-order valence-electron chi connectivity index (χ1n) is 10.0. The first-order valence-corrected chi connectivity index (χ1v) is 10.9. The lowest BCUT2D eigenvalue weighted by Gasteiger charge is -2.37. The molecule has 156 valence electrons. The summed E-state index contributed by atoms with van der Waals surface area (Å²) in [6, 6.07) is 4.91.